The fourth-order valence-electron chi connectivity index (χ4n) is 2.80. The number of hydrogen-bond donors (Lipinski definition) is 2. The van der Waals surface area contributed by atoms with Crippen molar-refractivity contribution in [2.45, 2.75) is 23.8 Å². The lowest BCUT2D eigenvalue weighted by Gasteiger charge is -2.16. The molecule has 1 aliphatic rings. The molecule has 0 spiro atoms. The molecule has 126 valence electrons. The molecule has 0 amide bonds. The van der Waals surface area contributed by atoms with Gasteiger partial charge in [-0.25, -0.2) is 17.9 Å². The number of carboxylic acids is 1. The minimum Gasteiger partial charge on any atom is -0.478 e. The summed E-state index contributed by atoms with van der Waals surface area (Å²) >= 11 is 11.9. The summed E-state index contributed by atoms with van der Waals surface area (Å²) in [5, 5.41) is 9.22. The summed E-state index contributed by atoms with van der Waals surface area (Å²) in [5.74, 6) is -1.05. The van der Waals surface area contributed by atoms with E-state index in [1.165, 1.54) is 30.3 Å². The van der Waals surface area contributed by atoms with Crippen LogP contribution in [0.25, 0.3) is 0 Å². The maximum Gasteiger partial charge on any atom is 0.335 e. The van der Waals surface area contributed by atoms with Gasteiger partial charge in [-0.3, -0.25) is 0 Å². The summed E-state index contributed by atoms with van der Waals surface area (Å²) in [6, 6.07) is 8.64. The van der Waals surface area contributed by atoms with Gasteiger partial charge >= 0.3 is 5.97 Å². The van der Waals surface area contributed by atoms with E-state index >= 15 is 0 Å². The Labute approximate surface area is 149 Å². The average Bonchev–Trinajstić information content (AvgIpc) is 2.91. The number of halogens is 2. The summed E-state index contributed by atoms with van der Waals surface area (Å²) in [7, 11) is -3.89. The Kier molecular flexibility index (Phi) is 4.57. The third kappa shape index (κ3) is 3.15. The van der Waals surface area contributed by atoms with Crippen LogP contribution in [0.1, 0.15) is 33.9 Å². The molecule has 0 saturated heterocycles. The van der Waals surface area contributed by atoms with Crippen LogP contribution in [0.5, 0.6) is 0 Å². The number of aromatic carboxylic acids is 1. The largest absolute Gasteiger partial charge is 0.478 e. The first kappa shape index (κ1) is 17.2. The second-order valence-corrected chi connectivity index (χ2v) is 7.95. The number of nitrogens with one attached hydrogen (secondary N) is 1. The van der Waals surface area contributed by atoms with Gasteiger partial charge in [0.25, 0.3) is 0 Å². The van der Waals surface area contributed by atoms with E-state index in [-0.39, 0.29) is 20.5 Å². The van der Waals surface area contributed by atoms with Crippen LogP contribution in [0.4, 0.5) is 0 Å². The van der Waals surface area contributed by atoms with Crippen molar-refractivity contribution in [3.63, 3.8) is 0 Å². The number of carbonyl (C=O) groups is 1. The molecule has 8 heteroatoms. The Morgan fingerprint density at radius 3 is 2.67 bits per heavy atom. The predicted octanol–water partition coefficient (Wildman–Crippen LogP) is 3.66. The second kappa shape index (κ2) is 6.37. The van der Waals surface area contributed by atoms with Gasteiger partial charge in [-0.2, -0.15) is 0 Å². The van der Waals surface area contributed by atoms with E-state index in [1.54, 1.807) is 6.07 Å². The van der Waals surface area contributed by atoms with Gasteiger partial charge in [0.05, 0.1) is 15.6 Å². The molecule has 1 aliphatic carbocycles. The average molecular weight is 386 g/mol. The lowest BCUT2D eigenvalue weighted by Crippen LogP contribution is -2.27. The molecule has 0 saturated carbocycles. The highest BCUT2D eigenvalue weighted by atomic mass is 35.5. The number of fused-ring (bicyclic) bond motifs is 1. The molecule has 0 aliphatic heterocycles. The van der Waals surface area contributed by atoms with Crippen LogP contribution in [0, 0.1) is 0 Å². The highest BCUT2D eigenvalue weighted by molar-refractivity contribution is 7.89. The van der Waals surface area contributed by atoms with Crippen molar-refractivity contribution >= 4 is 39.2 Å². The second-order valence-electron chi connectivity index (χ2n) is 5.48. The lowest BCUT2D eigenvalue weighted by molar-refractivity contribution is 0.0696. The van der Waals surface area contributed by atoms with Crippen molar-refractivity contribution in [3.8, 4) is 0 Å². The molecular weight excluding hydrogens is 373 g/mol. The van der Waals surface area contributed by atoms with E-state index in [0.29, 0.717) is 18.4 Å². The highest BCUT2D eigenvalue weighted by Crippen LogP contribution is 2.35. The van der Waals surface area contributed by atoms with Gasteiger partial charge in [-0.1, -0.05) is 35.3 Å². The van der Waals surface area contributed by atoms with Crippen molar-refractivity contribution in [1.29, 1.82) is 0 Å². The Hall–Kier alpha value is -1.60. The van der Waals surface area contributed by atoms with Gasteiger partial charge in [0.2, 0.25) is 10.0 Å². The molecule has 2 N–H and O–H groups in total. The van der Waals surface area contributed by atoms with Crippen molar-refractivity contribution in [3.05, 3.63) is 63.1 Å². The van der Waals surface area contributed by atoms with Gasteiger partial charge in [-0.05, 0) is 48.2 Å². The fraction of sp³-hybridized carbons (Fsp3) is 0.188. The summed E-state index contributed by atoms with van der Waals surface area (Å²) in [4.78, 5) is 11.0. The van der Waals surface area contributed by atoms with E-state index in [4.69, 9.17) is 28.3 Å². The van der Waals surface area contributed by atoms with E-state index in [1.807, 2.05) is 0 Å². The van der Waals surface area contributed by atoms with Gasteiger partial charge < -0.3 is 5.11 Å². The Balaban J connectivity index is 1.95. The molecule has 0 bridgehead atoms. The molecule has 5 nitrogen and oxygen atoms in total. The molecule has 24 heavy (non-hydrogen) atoms. The molecule has 2 aromatic rings. The minimum atomic E-state index is -3.89. The van der Waals surface area contributed by atoms with E-state index in [9.17, 15) is 13.2 Å². The molecule has 1 atom stereocenters. The Morgan fingerprint density at radius 1 is 1.21 bits per heavy atom. The first-order valence-electron chi connectivity index (χ1n) is 7.12. The standard InChI is InChI=1S/C16H13Cl2NO4S/c17-12-2-1-3-14(15(12)18)24(22,23)19-13-7-6-9-4-5-10(16(20)21)8-11(9)13/h1-5,8,13,19H,6-7H2,(H,20,21). The van der Waals surface area contributed by atoms with Crippen LogP contribution >= 0.6 is 23.2 Å². The summed E-state index contributed by atoms with van der Waals surface area (Å²) < 4.78 is 27.8. The molecule has 0 fully saturated rings. The van der Waals surface area contributed by atoms with Crippen molar-refractivity contribution in [2.24, 2.45) is 0 Å². The van der Waals surface area contributed by atoms with Gasteiger partial charge in [0.15, 0.2) is 0 Å². The van der Waals surface area contributed by atoms with E-state index < -0.39 is 22.0 Å². The highest BCUT2D eigenvalue weighted by Gasteiger charge is 2.29. The van der Waals surface area contributed by atoms with Crippen LogP contribution < -0.4 is 4.72 Å². The van der Waals surface area contributed by atoms with E-state index in [2.05, 4.69) is 4.72 Å². The number of carboxylic acid groups (broad SMARTS) is 1. The van der Waals surface area contributed by atoms with Crippen LogP contribution in [0.3, 0.4) is 0 Å². The normalized spacial score (nSPS) is 16.8. The monoisotopic (exact) mass is 385 g/mol. The predicted molar refractivity (Wildman–Crippen MR) is 91.2 cm³/mol. The zero-order chi connectivity index (χ0) is 17.5. The Bertz CT molecular complexity index is 928. The first-order valence-corrected chi connectivity index (χ1v) is 9.36. The topological polar surface area (TPSA) is 83.5 Å². The summed E-state index contributed by atoms with van der Waals surface area (Å²) in [6.45, 7) is 0. The van der Waals surface area contributed by atoms with Gasteiger partial charge in [0, 0.05) is 6.04 Å². The molecule has 0 radical (unpaired) electrons. The van der Waals surface area contributed by atoms with E-state index in [0.717, 1.165) is 5.56 Å². The SMILES string of the molecule is O=C(O)c1ccc2c(c1)C(NS(=O)(=O)c1cccc(Cl)c1Cl)CC2. The molecule has 0 aromatic heterocycles. The molecule has 3 rings (SSSR count). The third-order valence-electron chi connectivity index (χ3n) is 3.97. The number of hydrogen-bond acceptors (Lipinski definition) is 3. The number of rotatable bonds is 4. The van der Waals surface area contributed by atoms with Crippen molar-refractivity contribution in [2.75, 3.05) is 0 Å². The molecule has 1 unspecified atom stereocenters. The van der Waals surface area contributed by atoms with Gasteiger partial charge in [-0.15, -0.1) is 0 Å². The number of sulfonamides is 1. The third-order valence-corrected chi connectivity index (χ3v) is 6.42. The van der Waals surface area contributed by atoms with Crippen LogP contribution in [-0.4, -0.2) is 19.5 Å². The van der Waals surface area contributed by atoms with Crippen LogP contribution in [-0.2, 0) is 16.4 Å². The molecular formula is C16H13Cl2NO4S. The van der Waals surface area contributed by atoms with Crippen molar-refractivity contribution < 1.29 is 18.3 Å². The summed E-state index contributed by atoms with van der Waals surface area (Å²) in [6.07, 6.45) is 1.22. The van der Waals surface area contributed by atoms with Gasteiger partial charge in [0.1, 0.15) is 4.90 Å². The van der Waals surface area contributed by atoms with Crippen LogP contribution in [0.2, 0.25) is 10.0 Å². The maximum atomic E-state index is 12.6. The van der Waals surface area contributed by atoms with Crippen molar-refractivity contribution in [1.82, 2.24) is 4.72 Å². The number of aryl methyl sites for hydroxylation is 1. The number of benzene rings is 2. The molecule has 2 aromatic carbocycles. The molecule has 0 heterocycles. The quantitative estimate of drug-likeness (QED) is 0.840. The van der Waals surface area contributed by atoms with Crippen LogP contribution in [0.15, 0.2) is 41.3 Å². The first-order chi connectivity index (χ1) is 11.3. The lowest BCUT2D eigenvalue weighted by atomic mass is 10.0. The summed E-state index contributed by atoms with van der Waals surface area (Å²) in [5.41, 5.74) is 1.74. The minimum absolute atomic E-state index is 0.0378. The zero-order valence-corrected chi connectivity index (χ0v) is 14.6. The Morgan fingerprint density at radius 2 is 1.96 bits per heavy atom. The zero-order valence-electron chi connectivity index (χ0n) is 12.3. The fourth-order valence-corrected chi connectivity index (χ4v) is 4.81. The smallest absolute Gasteiger partial charge is 0.335 e. The maximum absolute atomic E-state index is 12.6.